The Balaban J connectivity index is 2.47. The molecular weight excluding hydrogens is 216 g/mol. The van der Waals surface area contributed by atoms with Crippen molar-refractivity contribution in [2.75, 3.05) is 6.54 Å². The van der Waals surface area contributed by atoms with Gasteiger partial charge in [-0.15, -0.1) is 0 Å². The molecule has 0 atom stereocenters. The smallest absolute Gasteiger partial charge is 0.192 e. The zero-order valence-electron chi connectivity index (χ0n) is 9.66. The van der Waals surface area contributed by atoms with Crippen molar-refractivity contribution >= 4 is 10.9 Å². The van der Waals surface area contributed by atoms with Crippen molar-refractivity contribution in [2.24, 2.45) is 7.05 Å². The summed E-state index contributed by atoms with van der Waals surface area (Å²) in [7, 11) is 1.94. The third-order valence-electron chi connectivity index (χ3n) is 3.46. The highest BCUT2D eigenvalue weighted by Crippen LogP contribution is 2.21. The minimum absolute atomic E-state index is 0.106. The Bertz CT molecular complexity index is 658. The molecule has 3 rings (SSSR count). The molecule has 1 aliphatic rings. The molecular formula is C13H14N2O2. The maximum Gasteiger partial charge on any atom is 0.192 e. The Labute approximate surface area is 98.5 Å². The molecule has 4 heteroatoms. The number of nitrogens with one attached hydrogen (secondary N) is 1. The summed E-state index contributed by atoms with van der Waals surface area (Å²) in [6.07, 6.45) is 0.777. The number of fused-ring (bicyclic) bond motifs is 2. The van der Waals surface area contributed by atoms with Gasteiger partial charge in [-0.2, -0.15) is 0 Å². The molecule has 4 nitrogen and oxygen atoms in total. The zero-order chi connectivity index (χ0) is 12.0. The van der Waals surface area contributed by atoms with Gasteiger partial charge in [0, 0.05) is 36.3 Å². The third-order valence-corrected chi connectivity index (χ3v) is 3.46. The average Bonchev–Trinajstić information content (AvgIpc) is 2.36. The highest BCUT2D eigenvalue weighted by molar-refractivity contribution is 5.81. The molecule has 2 heterocycles. The zero-order valence-corrected chi connectivity index (χ0v) is 9.66. The number of hydrogen-bond donors (Lipinski definition) is 2. The van der Waals surface area contributed by atoms with E-state index < -0.39 is 0 Å². The largest absolute Gasteiger partial charge is 0.508 e. The summed E-state index contributed by atoms with van der Waals surface area (Å²) >= 11 is 0. The van der Waals surface area contributed by atoms with Crippen molar-refractivity contribution in [1.82, 2.24) is 9.88 Å². The molecule has 0 saturated heterocycles. The number of hydrogen-bond acceptors (Lipinski definition) is 3. The van der Waals surface area contributed by atoms with Crippen molar-refractivity contribution in [1.29, 1.82) is 0 Å². The summed E-state index contributed by atoms with van der Waals surface area (Å²) in [4.78, 5) is 12.3. The second-order valence-corrected chi connectivity index (χ2v) is 4.44. The summed E-state index contributed by atoms with van der Waals surface area (Å²) in [6, 6.07) is 4.91. The molecule has 0 fully saturated rings. The van der Waals surface area contributed by atoms with Crippen LogP contribution in [0.3, 0.4) is 0 Å². The van der Waals surface area contributed by atoms with Crippen LogP contribution in [0.4, 0.5) is 0 Å². The molecule has 1 aromatic heterocycles. The Morgan fingerprint density at radius 1 is 1.41 bits per heavy atom. The quantitative estimate of drug-likeness (QED) is 0.706. The standard InChI is InChI=1S/C13H14N2O2/c1-15-11-6-8(16)2-3-9(11)13(17)10-4-5-14-7-12(10)15/h2-3,6,14,16H,4-5,7H2,1H3. The third kappa shape index (κ3) is 1.45. The van der Waals surface area contributed by atoms with E-state index in [1.807, 2.05) is 11.6 Å². The molecule has 0 radical (unpaired) electrons. The highest BCUT2D eigenvalue weighted by Gasteiger charge is 2.17. The molecule has 0 saturated carbocycles. The molecule has 17 heavy (non-hydrogen) atoms. The maximum atomic E-state index is 12.3. The maximum absolute atomic E-state index is 12.3. The SMILES string of the molecule is Cn1c2c(c(=O)c3ccc(O)cc31)CCNC2. The monoisotopic (exact) mass is 230 g/mol. The van der Waals surface area contributed by atoms with Gasteiger partial charge < -0.3 is 15.0 Å². The molecule has 0 spiro atoms. The van der Waals surface area contributed by atoms with Gasteiger partial charge in [0.05, 0.1) is 5.52 Å². The predicted octanol–water partition coefficient (Wildman–Crippen LogP) is 0.890. The first kappa shape index (κ1) is 10.4. The lowest BCUT2D eigenvalue weighted by Gasteiger charge is -2.21. The number of aromatic nitrogens is 1. The fourth-order valence-electron chi connectivity index (χ4n) is 2.53. The Kier molecular flexibility index (Phi) is 2.19. The fourth-order valence-corrected chi connectivity index (χ4v) is 2.53. The van der Waals surface area contributed by atoms with Crippen molar-refractivity contribution in [3.8, 4) is 5.75 Å². The summed E-state index contributed by atoms with van der Waals surface area (Å²) in [6.45, 7) is 1.57. The second-order valence-electron chi connectivity index (χ2n) is 4.44. The van der Waals surface area contributed by atoms with Crippen LogP contribution in [-0.2, 0) is 20.0 Å². The van der Waals surface area contributed by atoms with E-state index in [1.165, 1.54) is 0 Å². The number of rotatable bonds is 0. The van der Waals surface area contributed by atoms with Crippen molar-refractivity contribution < 1.29 is 5.11 Å². The van der Waals surface area contributed by atoms with Gasteiger partial charge in [-0.25, -0.2) is 0 Å². The number of aryl methyl sites for hydroxylation is 1. The summed E-state index contributed by atoms with van der Waals surface area (Å²) in [5.41, 5.74) is 2.83. The van der Waals surface area contributed by atoms with E-state index in [-0.39, 0.29) is 11.2 Å². The molecule has 0 unspecified atom stereocenters. The first-order chi connectivity index (χ1) is 8.18. The lowest BCUT2D eigenvalue weighted by atomic mass is 10.0. The van der Waals surface area contributed by atoms with Crippen LogP contribution in [-0.4, -0.2) is 16.2 Å². The first-order valence-corrected chi connectivity index (χ1v) is 5.72. The van der Waals surface area contributed by atoms with Gasteiger partial charge in [0.15, 0.2) is 5.43 Å². The van der Waals surface area contributed by atoms with Gasteiger partial charge in [0.25, 0.3) is 0 Å². The predicted molar refractivity (Wildman–Crippen MR) is 66.3 cm³/mol. The Hall–Kier alpha value is -1.81. The lowest BCUT2D eigenvalue weighted by molar-refractivity contribution is 0.475. The summed E-state index contributed by atoms with van der Waals surface area (Å²) in [5.74, 6) is 0.191. The van der Waals surface area contributed by atoms with E-state index >= 15 is 0 Å². The van der Waals surface area contributed by atoms with Crippen LogP contribution < -0.4 is 10.7 Å². The van der Waals surface area contributed by atoms with E-state index in [9.17, 15) is 9.90 Å². The molecule has 0 amide bonds. The minimum atomic E-state index is 0.106. The van der Waals surface area contributed by atoms with Crippen molar-refractivity contribution in [3.63, 3.8) is 0 Å². The van der Waals surface area contributed by atoms with Crippen LogP contribution in [0, 0.1) is 0 Å². The number of benzene rings is 1. The lowest BCUT2D eigenvalue weighted by Crippen LogP contribution is -2.32. The van der Waals surface area contributed by atoms with Gasteiger partial charge >= 0.3 is 0 Å². The van der Waals surface area contributed by atoms with Crippen molar-refractivity contribution in [2.45, 2.75) is 13.0 Å². The molecule has 88 valence electrons. The normalized spacial score (nSPS) is 14.9. The van der Waals surface area contributed by atoms with Crippen LogP contribution in [0.15, 0.2) is 23.0 Å². The van der Waals surface area contributed by atoms with Gasteiger partial charge in [-0.05, 0) is 25.1 Å². The van der Waals surface area contributed by atoms with Gasteiger partial charge in [0.2, 0.25) is 0 Å². The van der Waals surface area contributed by atoms with E-state index in [1.54, 1.807) is 18.2 Å². The molecule has 1 aromatic carbocycles. The van der Waals surface area contributed by atoms with Crippen LogP contribution in [0.1, 0.15) is 11.3 Å². The van der Waals surface area contributed by atoms with Crippen LogP contribution >= 0.6 is 0 Å². The first-order valence-electron chi connectivity index (χ1n) is 5.72. The molecule has 0 bridgehead atoms. The van der Waals surface area contributed by atoms with E-state index in [2.05, 4.69) is 5.32 Å². The number of pyridine rings is 1. The van der Waals surface area contributed by atoms with Gasteiger partial charge in [-0.1, -0.05) is 0 Å². The van der Waals surface area contributed by atoms with Gasteiger partial charge in [0.1, 0.15) is 5.75 Å². The Morgan fingerprint density at radius 2 is 2.24 bits per heavy atom. The Morgan fingerprint density at radius 3 is 3.06 bits per heavy atom. The van der Waals surface area contributed by atoms with Crippen molar-refractivity contribution in [3.05, 3.63) is 39.7 Å². The molecule has 2 aromatic rings. The van der Waals surface area contributed by atoms with E-state index in [0.717, 1.165) is 29.7 Å². The number of nitrogens with zero attached hydrogens (tertiary/aromatic N) is 1. The van der Waals surface area contributed by atoms with Crippen LogP contribution in [0.2, 0.25) is 0 Å². The minimum Gasteiger partial charge on any atom is -0.508 e. The number of phenolic OH excluding ortho intramolecular Hbond substituents is 1. The van der Waals surface area contributed by atoms with Gasteiger partial charge in [-0.3, -0.25) is 4.79 Å². The van der Waals surface area contributed by atoms with E-state index in [0.29, 0.717) is 11.9 Å². The molecule has 1 aliphatic heterocycles. The highest BCUT2D eigenvalue weighted by atomic mass is 16.3. The fraction of sp³-hybridized carbons (Fsp3) is 0.308. The van der Waals surface area contributed by atoms with E-state index in [4.69, 9.17) is 0 Å². The van der Waals surface area contributed by atoms with Crippen LogP contribution in [0.25, 0.3) is 10.9 Å². The number of aromatic hydroxyl groups is 1. The summed E-state index contributed by atoms with van der Waals surface area (Å²) in [5, 5.41) is 13.5. The van der Waals surface area contributed by atoms with Crippen LogP contribution in [0.5, 0.6) is 5.75 Å². The average molecular weight is 230 g/mol. The topological polar surface area (TPSA) is 54.3 Å². The summed E-state index contributed by atoms with van der Waals surface area (Å²) < 4.78 is 2.00. The molecule has 0 aliphatic carbocycles. The number of phenols is 1. The molecule has 2 N–H and O–H groups in total. The second kappa shape index (κ2) is 3.60.